The van der Waals surface area contributed by atoms with Crippen LogP contribution in [-0.4, -0.2) is 139 Å². The summed E-state index contributed by atoms with van der Waals surface area (Å²) in [5.41, 5.74) is -0.439. The molecule has 1 aliphatic rings. The molecule has 0 spiro atoms. The number of nitrogens with zero attached hydrogens (tertiary/aromatic N) is 2. The molecule has 1 fully saturated rings. The standard InChI is InChI=1S/C22H42N2O3.C18H36N2O4.C2H6/c1-7-9-10-22(8-2)27-16-14-24(6)13-11-21(5)26-18-17-25-15-12-23-19-20(3)4;1-15(2)14-19-8-11-22-12-13-23-16-6-9-20(10-7-16)17(21)24-18(3,4)5;1-2/h7-10,20-21,23H,1,11-19H2,2-6H3;15-16,19H,6-14H2,1-5H3;1-2H3/b10-9-,22-8+;;. The van der Waals surface area contributed by atoms with Crippen LogP contribution in [0.1, 0.15) is 95.4 Å². The molecule has 0 aliphatic carbocycles. The van der Waals surface area contributed by atoms with E-state index in [2.05, 4.69) is 63.8 Å². The molecule has 0 radical (unpaired) electrons. The lowest BCUT2D eigenvalue weighted by Crippen LogP contribution is -2.43. The molecule has 1 heterocycles. The van der Waals surface area contributed by atoms with E-state index in [0.29, 0.717) is 64.6 Å². The summed E-state index contributed by atoms with van der Waals surface area (Å²) >= 11 is 0. The Morgan fingerprint density at radius 2 is 1.43 bits per heavy atom. The van der Waals surface area contributed by atoms with E-state index in [1.165, 1.54) is 0 Å². The van der Waals surface area contributed by atoms with E-state index in [4.69, 9.17) is 28.4 Å². The summed E-state index contributed by atoms with van der Waals surface area (Å²) in [6.07, 6.45) is 10.4. The van der Waals surface area contributed by atoms with E-state index in [-0.39, 0.29) is 18.3 Å². The number of hydrogen-bond acceptors (Lipinski definition) is 10. The molecule has 1 amide bonds. The van der Waals surface area contributed by atoms with Gasteiger partial charge in [-0.05, 0) is 98.0 Å². The van der Waals surface area contributed by atoms with E-state index in [1.807, 2.05) is 59.8 Å². The predicted octanol–water partition coefficient (Wildman–Crippen LogP) is 7.33. The van der Waals surface area contributed by atoms with Crippen molar-refractivity contribution in [1.29, 1.82) is 0 Å². The average Bonchev–Trinajstić information content (AvgIpc) is 3.11. The summed E-state index contributed by atoms with van der Waals surface area (Å²) in [7, 11) is 2.11. The highest BCUT2D eigenvalue weighted by Crippen LogP contribution is 2.17. The quantitative estimate of drug-likeness (QED) is 0.0504. The Bertz CT molecular complexity index is 900. The van der Waals surface area contributed by atoms with Gasteiger partial charge in [0.2, 0.25) is 0 Å². The first-order chi connectivity index (χ1) is 25.3. The van der Waals surface area contributed by atoms with Gasteiger partial charge < -0.3 is 48.9 Å². The van der Waals surface area contributed by atoms with Gasteiger partial charge in [-0.15, -0.1) is 0 Å². The average molecular weight is 757 g/mol. The number of ether oxygens (including phenoxy) is 6. The summed E-state index contributed by atoms with van der Waals surface area (Å²) in [6, 6.07) is 0. The fraction of sp³-hybridized carbons (Fsp3) is 0.833. The van der Waals surface area contributed by atoms with Crippen molar-refractivity contribution in [3.8, 4) is 0 Å². The number of carbonyl (C=O) groups is 1. The van der Waals surface area contributed by atoms with Gasteiger partial charge in [-0.25, -0.2) is 4.79 Å². The largest absolute Gasteiger partial charge is 0.493 e. The molecule has 0 aromatic carbocycles. The van der Waals surface area contributed by atoms with Gasteiger partial charge in [0.05, 0.1) is 51.8 Å². The summed E-state index contributed by atoms with van der Waals surface area (Å²) < 4.78 is 33.9. The molecule has 2 N–H and O–H groups in total. The van der Waals surface area contributed by atoms with Gasteiger partial charge in [0.1, 0.15) is 18.0 Å². The molecule has 0 aromatic rings. The van der Waals surface area contributed by atoms with E-state index >= 15 is 0 Å². The number of likely N-dealkylation sites (tertiary alicyclic amines) is 1. The lowest BCUT2D eigenvalue weighted by atomic mass is 10.1. The van der Waals surface area contributed by atoms with Crippen LogP contribution in [0.3, 0.4) is 0 Å². The van der Waals surface area contributed by atoms with Crippen molar-refractivity contribution < 1.29 is 33.2 Å². The van der Waals surface area contributed by atoms with Crippen molar-refractivity contribution in [2.45, 2.75) is 113 Å². The van der Waals surface area contributed by atoms with Crippen LogP contribution in [0.2, 0.25) is 0 Å². The highest BCUT2D eigenvalue weighted by molar-refractivity contribution is 5.68. The minimum atomic E-state index is -0.439. The van der Waals surface area contributed by atoms with E-state index in [0.717, 1.165) is 70.9 Å². The molecular formula is C42H84N4O7. The van der Waals surface area contributed by atoms with Crippen LogP contribution >= 0.6 is 0 Å². The number of piperidine rings is 1. The van der Waals surface area contributed by atoms with Gasteiger partial charge in [-0.1, -0.05) is 60.3 Å². The second kappa shape index (κ2) is 35.7. The first-order valence-corrected chi connectivity index (χ1v) is 20.3. The van der Waals surface area contributed by atoms with Crippen LogP contribution in [0.25, 0.3) is 0 Å². The highest BCUT2D eigenvalue weighted by atomic mass is 16.6. The van der Waals surface area contributed by atoms with Crippen molar-refractivity contribution in [3.05, 3.63) is 36.6 Å². The van der Waals surface area contributed by atoms with Crippen molar-refractivity contribution in [2.24, 2.45) is 11.8 Å². The topological polar surface area (TPSA) is 103 Å². The maximum absolute atomic E-state index is 12.0. The van der Waals surface area contributed by atoms with Crippen molar-refractivity contribution >= 4 is 6.09 Å². The zero-order valence-electron chi connectivity index (χ0n) is 36.3. The van der Waals surface area contributed by atoms with E-state index < -0.39 is 5.60 Å². The normalized spacial score (nSPS) is 14.6. The zero-order chi connectivity index (χ0) is 40.3. The number of nitrogens with one attached hydrogen (secondary N) is 2. The van der Waals surface area contributed by atoms with Crippen LogP contribution in [0.5, 0.6) is 0 Å². The van der Waals surface area contributed by atoms with Gasteiger partial charge in [-0.3, -0.25) is 0 Å². The Morgan fingerprint density at radius 1 is 0.868 bits per heavy atom. The van der Waals surface area contributed by atoms with Crippen LogP contribution in [-0.2, 0) is 28.4 Å². The number of amides is 1. The number of hydrogen-bond donors (Lipinski definition) is 2. The third kappa shape index (κ3) is 36.7. The molecule has 1 unspecified atom stereocenters. The molecule has 0 saturated carbocycles. The minimum Gasteiger partial charge on any atom is -0.493 e. The van der Waals surface area contributed by atoms with Crippen LogP contribution in [0.15, 0.2) is 36.6 Å². The molecule has 0 aromatic heterocycles. The third-order valence-electron chi connectivity index (χ3n) is 7.60. The Balaban J connectivity index is 0. The Kier molecular flexibility index (Phi) is 35.8. The number of carbonyl (C=O) groups excluding carboxylic acids is 1. The van der Waals surface area contributed by atoms with Crippen molar-refractivity contribution in [1.82, 2.24) is 20.4 Å². The molecule has 314 valence electrons. The highest BCUT2D eigenvalue weighted by Gasteiger charge is 2.27. The smallest absolute Gasteiger partial charge is 0.410 e. The summed E-state index contributed by atoms with van der Waals surface area (Å²) in [6.45, 7) is 38.0. The number of allylic oxidation sites excluding steroid dienone is 4. The third-order valence-corrected chi connectivity index (χ3v) is 7.60. The van der Waals surface area contributed by atoms with Crippen LogP contribution in [0.4, 0.5) is 4.79 Å². The first-order valence-electron chi connectivity index (χ1n) is 20.3. The van der Waals surface area contributed by atoms with E-state index in [9.17, 15) is 4.79 Å². The first kappa shape index (κ1) is 53.1. The number of likely N-dealkylation sites (N-methyl/N-ethyl adjacent to an activating group) is 1. The summed E-state index contributed by atoms with van der Waals surface area (Å²) in [5, 5.41) is 6.70. The SMILES string of the molecule is C=C/C=C\C(=C/C)OCCN(C)CCC(C)OCCOCCNCC(C)C.CC.CC(C)CNCCOCCOC1CCN(C(=O)OC(C)(C)C)CC1. The molecular weight excluding hydrogens is 672 g/mol. The Labute approximate surface area is 326 Å². The Hall–Kier alpha value is -1.99. The van der Waals surface area contributed by atoms with Gasteiger partial charge in [0, 0.05) is 39.3 Å². The summed E-state index contributed by atoms with van der Waals surface area (Å²) in [4.78, 5) is 16.0. The minimum absolute atomic E-state index is 0.214. The van der Waals surface area contributed by atoms with Crippen LogP contribution in [0, 0.1) is 11.8 Å². The Morgan fingerprint density at radius 3 is 1.94 bits per heavy atom. The molecule has 1 rings (SSSR count). The second-order valence-corrected chi connectivity index (χ2v) is 14.9. The maximum atomic E-state index is 12.0. The van der Waals surface area contributed by atoms with Gasteiger partial charge in [0.15, 0.2) is 0 Å². The van der Waals surface area contributed by atoms with Gasteiger partial charge in [0.25, 0.3) is 0 Å². The predicted molar refractivity (Wildman–Crippen MR) is 222 cm³/mol. The lowest BCUT2D eigenvalue weighted by Gasteiger charge is -2.33. The van der Waals surface area contributed by atoms with Gasteiger partial charge >= 0.3 is 6.09 Å². The van der Waals surface area contributed by atoms with Crippen LogP contribution < -0.4 is 10.6 Å². The second-order valence-electron chi connectivity index (χ2n) is 14.9. The lowest BCUT2D eigenvalue weighted by molar-refractivity contribution is -0.0289. The fourth-order valence-electron chi connectivity index (χ4n) is 4.69. The molecule has 53 heavy (non-hydrogen) atoms. The molecule has 11 nitrogen and oxygen atoms in total. The molecule has 1 saturated heterocycles. The molecule has 0 bridgehead atoms. The van der Waals surface area contributed by atoms with Gasteiger partial charge in [-0.2, -0.15) is 0 Å². The molecule has 11 heteroatoms. The fourth-order valence-corrected chi connectivity index (χ4v) is 4.69. The van der Waals surface area contributed by atoms with E-state index in [1.54, 1.807) is 11.0 Å². The number of rotatable bonds is 27. The zero-order valence-corrected chi connectivity index (χ0v) is 36.3. The van der Waals surface area contributed by atoms with Crippen molar-refractivity contribution in [3.63, 3.8) is 0 Å². The monoisotopic (exact) mass is 757 g/mol. The van der Waals surface area contributed by atoms with Crippen molar-refractivity contribution in [2.75, 3.05) is 106 Å². The molecule has 1 aliphatic heterocycles. The summed E-state index contributed by atoms with van der Waals surface area (Å²) in [5.74, 6) is 2.22. The molecule has 1 atom stereocenters. The maximum Gasteiger partial charge on any atom is 0.410 e.